The van der Waals surface area contributed by atoms with Crippen LogP contribution in [0.1, 0.15) is 30.8 Å². The predicted molar refractivity (Wildman–Crippen MR) is 99.1 cm³/mol. The number of nitrogens with zero attached hydrogens (tertiary/aromatic N) is 5. The van der Waals surface area contributed by atoms with Crippen LogP contribution in [0.3, 0.4) is 0 Å². The third kappa shape index (κ3) is 3.39. The van der Waals surface area contributed by atoms with E-state index in [0.717, 1.165) is 50.3 Å². The van der Waals surface area contributed by atoms with Crippen LogP contribution in [0, 0.1) is 12.3 Å². The first-order valence-electron chi connectivity index (χ1n) is 9.47. The molecule has 1 spiro atoms. The van der Waals surface area contributed by atoms with Crippen molar-refractivity contribution in [3.05, 3.63) is 23.7 Å². The molecule has 146 valence electrons. The number of aromatic nitrogens is 3. The Hall–Kier alpha value is -2.19. The minimum Gasteiger partial charge on any atom is -0.480 e. The lowest BCUT2D eigenvalue weighted by molar-refractivity contribution is -0.141. The number of carbonyl (C=O) groups is 1. The summed E-state index contributed by atoms with van der Waals surface area (Å²) in [6, 6.07) is 3.68. The van der Waals surface area contributed by atoms with E-state index in [2.05, 4.69) is 15.1 Å². The van der Waals surface area contributed by atoms with Crippen LogP contribution >= 0.6 is 0 Å². The highest BCUT2D eigenvalue weighted by Gasteiger charge is 2.46. The lowest BCUT2D eigenvalue weighted by Crippen LogP contribution is -2.40. The number of piperidine rings is 1. The van der Waals surface area contributed by atoms with Gasteiger partial charge in [-0.1, -0.05) is 0 Å². The molecule has 8 heteroatoms. The van der Waals surface area contributed by atoms with Crippen LogP contribution < -0.4 is 0 Å². The molecule has 4 rings (SSSR count). The van der Waals surface area contributed by atoms with E-state index in [4.69, 9.17) is 4.42 Å². The van der Waals surface area contributed by atoms with Crippen molar-refractivity contribution in [1.82, 2.24) is 24.6 Å². The summed E-state index contributed by atoms with van der Waals surface area (Å²) in [5.41, 5.74) is 2.21. The molecule has 0 aromatic carbocycles. The van der Waals surface area contributed by atoms with E-state index in [-0.39, 0.29) is 11.5 Å². The van der Waals surface area contributed by atoms with Crippen molar-refractivity contribution in [1.29, 1.82) is 0 Å². The number of aryl methyl sites for hydroxylation is 1. The molecule has 2 aromatic heterocycles. The van der Waals surface area contributed by atoms with Crippen LogP contribution in [0.5, 0.6) is 0 Å². The van der Waals surface area contributed by atoms with Gasteiger partial charge in [0.25, 0.3) is 5.89 Å². The van der Waals surface area contributed by atoms with Crippen LogP contribution in [0.25, 0.3) is 11.6 Å². The Morgan fingerprint density at radius 1 is 1.30 bits per heavy atom. The maximum absolute atomic E-state index is 11.4. The first kappa shape index (κ1) is 18.2. The number of aliphatic carboxylic acids is 1. The monoisotopic (exact) mass is 373 g/mol. The Balaban J connectivity index is 1.36. The van der Waals surface area contributed by atoms with Crippen molar-refractivity contribution in [3.8, 4) is 11.6 Å². The van der Waals surface area contributed by atoms with Gasteiger partial charge < -0.3 is 14.1 Å². The van der Waals surface area contributed by atoms with Crippen molar-refractivity contribution in [3.63, 3.8) is 0 Å². The van der Waals surface area contributed by atoms with Gasteiger partial charge in [-0.05, 0) is 63.9 Å². The third-order valence-electron chi connectivity index (χ3n) is 6.36. The van der Waals surface area contributed by atoms with Gasteiger partial charge in [0.1, 0.15) is 11.7 Å². The third-order valence-corrected chi connectivity index (χ3v) is 6.36. The second-order valence-electron chi connectivity index (χ2n) is 8.17. The number of hydrogen-bond acceptors (Lipinski definition) is 6. The average Bonchev–Trinajstić information content (AvgIpc) is 3.30. The molecule has 4 heterocycles. The zero-order chi connectivity index (χ0) is 19.2. The lowest BCUT2D eigenvalue weighted by atomic mass is 9.76. The highest BCUT2D eigenvalue weighted by Crippen LogP contribution is 2.43. The molecule has 1 unspecified atom stereocenters. The van der Waals surface area contributed by atoms with Crippen molar-refractivity contribution >= 4 is 5.97 Å². The fourth-order valence-corrected chi connectivity index (χ4v) is 4.53. The summed E-state index contributed by atoms with van der Waals surface area (Å²) < 4.78 is 7.92. The van der Waals surface area contributed by atoms with Gasteiger partial charge in [0, 0.05) is 19.3 Å². The lowest BCUT2D eigenvalue weighted by Gasteiger charge is -2.38. The molecule has 2 aliphatic heterocycles. The molecule has 0 radical (unpaired) electrons. The van der Waals surface area contributed by atoms with Gasteiger partial charge in [-0.3, -0.25) is 14.6 Å². The van der Waals surface area contributed by atoms with E-state index in [1.165, 1.54) is 0 Å². The van der Waals surface area contributed by atoms with Crippen LogP contribution in [0.2, 0.25) is 0 Å². The van der Waals surface area contributed by atoms with Gasteiger partial charge in [0.2, 0.25) is 5.89 Å². The Bertz CT molecular complexity index is 834. The Morgan fingerprint density at radius 2 is 2.04 bits per heavy atom. The Labute approximate surface area is 158 Å². The summed E-state index contributed by atoms with van der Waals surface area (Å²) in [5.74, 6) is 0.480. The van der Waals surface area contributed by atoms with Crippen molar-refractivity contribution in [2.75, 3.05) is 26.7 Å². The van der Waals surface area contributed by atoms with Gasteiger partial charge in [-0.25, -0.2) is 0 Å². The molecule has 2 fully saturated rings. The summed E-state index contributed by atoms with van der Waals surface area (Å²) in [6.45, 7) is 5.42. The quantitative estimate of drug-likeness (QED) is 0.873. The first-order chi connectivity index (χ1) is 12.9. The zero-order valence-corrected chi connectivity index (χ0v) is 16.2. The van der Waals surface area contributed by atoms with E-state index in [9.17, 15) is 9.90 Å². The van der Waals surface area contributed by atoms with Gasteiger partial charge >= 0.3 is 5.97 Å². The highest BCUT2D eigenvalue weighted by atomic mass is 16.4. The fraction of sp³-hybridized carbons (Fsp3) is 0.632. The van der Waals surface area contributed by atoms with E-state index in [0.29, 0.717) is 18.3 Å². The minimum absolute atomic E-state index is 0.134. The van der Waals surface area contributed by atoms with Gasteiger partial charge in [-0.2, -0.15) is 0 Å². The number of likely N-dealkylation sites (N-methyl/N-ethyl adjacent to an activating group) is 1. The molecule has 0 saturated carbocycles. The van der Waals surface area contributed by atoms with Crippen molar-refractivity contribution < 1.29 is 14.3 Å². The molecule has 2 saturated heterocycles. The van der Waals surface area contributed by atoms with Gasteiger partial charge in [-0.15, -0.1) is 10.2 Å². The molecule has 2 aliphatic rings. The SMILES string of the molecule is Cc1ccc(-c2nnc(CN3CCC4(CC3)CC(C(=O)O)N(C)C4)o2)n1C. The van der Waals surface area contributed by atoms with Crippen molar-refractivity contribution in [2.24, 2.45) is 12.5 Å². The summed E-state index contributed by atoms with van der Waals surface area (Å²) in [4.78, 5) is 15.7. The van der Waals surface area contributed by atoms with E-state index < -0.39 is 5.97 Å². The molecule has 0 aliphatic carbocycles. The van der Waals surface area contributed by atoms with E-state index in [1.807, 2.05) is 42.6 Å². The number of carboxylic acid groups (broad SMARTS) is 1. The predicted octanol–water partition coefficient (Wildman–Crippen LogP) is 1.75. The van der Waals surface area contributed by atoms with E-state index in [1.54, 1.807) is 0 Å². The maximum Gasteiger partial charge on any atom is 0.320 e. The van der Waals surface area contributed by atoms with Gasteiger partial charge in [0.05, 0.1) is 6.54 Å². The minimum atomic E-state index is -0.703. The Kier molecular flexibility index (Phi) is 4.55. The second-order valence-corrected chi connectivity index (χ2v) is 8.17. The Morgan fingerprint density at radius 3 is 2.63 bits per heavy atom. The summed E-state index contributed by atoms with van der Waals surface area (Å²) in [5, 5.41) is 17.8. The molecule has 1 atom stereocenters. The normalized spacial score (nSPS) is 23.3. The number of rotatable bonds is 4. The topological polar surface area (TPSA) is 87.6 Å². The van der Waals surface area contributed by atoms with Crippen LogP contribution in [-0.2, 0) is 18.4 Å². The smallest absolute Gasteiger partial charge is 0.320 e. The molecule has 0 bridgehead atoms. The summed E-state index contributed by atoms with van der Waals surface area (Å²) in [7, 11) is 3.91. The number of likely N-dealkylation sites (tertiary alicyclic amines) is 2. The zero-order valence-electron chi connectivity index (χ0n) is 16.2. The van der Waals surface area contributed by atoms with Crippen LogP contribution in [-0.4, -0.2) is 68.4 Å². The second kappa shape index (κ2) is 6.76. The summed E-state index contributed by atoms with van der Waals surface area (Å²) in [6.07, 6.45) is 2.78. The molecule has 8 nitrogen and oxygen atoms in total. The molecular weight excluding hydrogens is 346 g/mol. The first-order valence-corrected chi connectivity index (χ1v) is 9.47. The fourth-order valence-electron chi connectivity index (χ4n) is 4.53. The van der Waals surface area contributed by atoms with Crippen LogP contribution in [0.4, 0.5) is 0 Å². The summed E-state index contributed by atoms with van der Waals surface area (Å²) >= 11 is 0. The molecule has 0 amide bonds. The molecule has 27 heavy (non-hydrogen) atoms. The average molecular weight is 373 g/mol. The highest BCUT2D eigenvalue weighted by molar-refractivity contribution is 5.74. The number of carboxylic acids is 1. The van der Waals surface area contributed by atoms with Gasteiger partial charge in [0.15, 0.2) is 0 Å². The van der Waals surface area contributed by atoms with Crippen molar-refractivity contribution in [2.45, 2.75) is 38.8 Å². The van der Waals surface area contributed by atoms with Crippen LogP contribution in [0.15, 0.2) is 16.5 Å². The maximum atomic E-state index is 11.4. The standard InChI is InChI=1S/C19H27N5O3/c1-13-4-5-14(23(13)3)17-21-20-16(27-17)11-24-8-6-19(7-9-24)10-15(18(25)26)22(2)12-19/h4-5,15H,6-12H2,1-3H3,(H,25,26). The molecular formula is C19H27N5O3. The molecule has 2 aromatic rings. The largest absolute Gasteiger partial charge is 0.480 e. The van der Waals surface area contributed by atoms with E-state index >= 15 is 0 Å². The molecule has 1 N–H and O–H groups in total. The number of hydrogen-bond donors (Lipinski definition) is 1.